The predicted octanol–water partition coefficient (Wildman–Crippen LogP) is 1.94. The molecule has 2 aromatic rings. The van der Waals surface area contributed by atoms with E-state index in [0.29, 0.717) is 30.1 Å². The zero-order valence-corrected chi connectivity index (χ0v) is 12.7. The maximum absolute atomic E-state index is 12.2. The molecule has 3 rings (SSSR count). The molecule has 0 unspecified atom stereocenters. The number of sulfonamides is 1. The van der Waals surface area contributed by atoms with E-state index in [-0.39, 0.29) is 16.9 Å². The van der Waals surface area contributed by atoms with Crippen molar-refractivity contribution in [1.82, 2.24) is 9.71 Å². The van der Waals surface area contributed by atoms with E-state index in [1.807, 2.05) is 0 Å². The number of nitrogens with one attached hydrogen (secondary N) is 1. The summed E-state index contributed by atoms with van der Waals surface area (Å²) in [6, 6.07) is 8.11. The molecule has 0 spiro atoms. The van der Waals surface area contributed by atoms with Crippen molar-refractivity contribution in [2.45, 2.75) is 23.8 Å². The van der Waals surface area contributed by atoms with Crippen molar-refractivity contribution >= 4 is 32.5 Å². The van der Waals surface area contributed by atoms with Crippen LogP contribution in [0.4, 0.5) is 0 Å². The number of aliphatic hydroxyl groups is 1. The van der Waals surface area contributed by atoms with Crippen LogP contribution in [0.3, 0.4) is 0 Å². The first-order valence-electron chi connectivity index (χ1n) is 6.68. The Labute approximate surface area is 128 Å². The Morgan fingerprint density at radius 1 is 1.29 bits per heavy atom. The van der Waals surface area contributed by atoms with E-state index in [2.05, 4.69) is 9.71 Å². The normalized spacial score (nSPS) is 22.2. The Kier molecular flexibility index (Phi) is 3.88. The van der Waals surface area contributed by atoms with Gasteiger partial charge in [-0.2, -0.15) is 0 Å². The van der Waals surface area contributed by atoms with Crippen LogP contribution in [0.15, 0.2) is 35.2 Å². The minimum absolute atomic E-state index is 0.207. The third-order valence-electron chi connectivity index (χ3n) is 3.71. The van der Waals surface area contributed by atoms with E-state index >= 15 is 0 Å². The third kappa shape index (κ3) is 3.18. The SMILES string of the molecule is O=S(=O)(NCC1CC(O)C1)c1ccc2nc(Cl)ccc2c1. The smallest absolute Gasteiger partial charge is 0.240 e. The third-order valence-corrected chi connectivity index (χ3v) is 5.34. The van der Waals surface area contributed by atoms with Crippen LogP contribution in [-0.2, 0) is 10.0 Å². The van der Waals surface area contributed by atoms with Gasteiger partial charge in [0, 0.05) is 11.9 Å². The summed E-state index contributed by atoms with van der Waals surface area (Å²) < 4.78 is 27.1. The maximum Gasteiger partial charge on any atom is 0.240 e. The first-order valence-corrected chi connectivity index (χ1v) is 8.54. The second-order valence-corrected chi connectivity index (χ2v) is 7.49. The molecule has 1 aliphatic rings. The molecule has 0 radical (unpaired) electrons. The van der Waals surface area contributed by atoms with Gasteiger partial charge in [0.25, 0.3) is 0 Å². The zero-order chi connectivity index (χ0) is 15.0. The molecular formula is C14H15ClN2O3S. The molecule has 0 amide bonds. The Bertz CT molecular complexity index is 773. The van der Waals surface area contributed by atoms with Gasteiger partial charge in [-0.25, -0.2) is 18.1 Å². The number of halogens is 1. The van der Waals surface area contributed by atoms with Crippen LogP contribution in [0.25, 0.3) is 10.9 Å². The zero-order valence-electron chi connectivity index (χ0n) is 11.2. The number of pyridine rings is 1. The van der Waals surface area contributed by atoms with Crippen molar-refractivity contribution in [2.75, 3.05) is 6.54 Å². The Morgan fingerprint density at radius 2 is 2.05 bits per heavy atom. The van der Waals surface area contributed by atoms with Crippen LogP contribution in [0.2, 0.25) is 5.15 Å². The van der Waals surface area contributed by atoms with Gasteiger partial charge in [0.2, 0.25) is 10.0 Å². The van der Waals surface area contributed by atoms with Crippen molar-refractivity contribution in [3.8, 4) is 0 Å². The second kappa shape index (κ2) is 5.53. The fourth-order valence-electron chi connectivity index (χ4n) is 2.42. The van der Waals surface area contributed by atoms with E-state index in [0.717, 1.165) is 5.39 Å². The van der Waals surface area contributed by atoms with Crippen LogP contribution in [0.1, 0.15) is 12.8 Å². The molecule has 5 nitrogen and oxygen atoms in total. The first-order chi connectivity index (χ1) is 9.94. The highest BCUT2D eigenvalue weighted by Crippen LogP contribution is 2.27. The van der Waals surface area contributed by atoms with E-state index in [1.54, 1.807) is 24.3 Å². The minimum atomic E-state index is -3.54. The van der Waals surface area contributed by atoms with Crippen molar-refractivity contribution in [2.24, 2.45) is 5.92 Å². The summed E-state index contributed by atoms with van der Waals surface area (Å²) in [5, 5.41) is 10.3. The number of fused-ring (bicyclic) bond motifs is 1. The highest BCUT2D eigenvalue weighted by atomic mass is 35.5. The number of nitrogens with zero attached hydrogens (tertiary/aromatic N) is 1. The summed E-state index contributed by atoms with van der Waals surface area (Å²) in [6.45, 7) is 0.357. The number of hydrogen-bond acceptors (Lipinski definition) is 4. The van der Waals surface area contributed by atoms with Gasteiger partial charge >= 0.3 is 0 Å². The van der Waals surface area contributed by atoms with Gasteiger partial charge in [-0.05, 0) is 49.1 Å². The first kappa shape index (κ1) is 14.7. The van der Waals surface area contributed by atoms with E-state index < -0.39 is 10.0 Å². The second-order valence-electron chi connectivity index (χ2n) is 5.33. The number of aromatic nitrogens is 1. The molecule has 112 valence electrons. The lowest BCUT2D eigenvalue weighted by Gasteiger charge is -2.31. The number of hydrogen-bond donors (Lipinski definition) is 2. The standard InChI is InChI=1S/C14H15ClN2O3S/c15-14-4-1-10-7-12(2-3-13(10)17-14)21(19,20)16-8-9-5-11(18)6-9/h1-4,7,9,11,16,18H,5-6,8H2. The van der Waals surface area contributed by atoms with Gasteiger partial charge in [0.05, 0.1) is 16.5 Å². The summed E-state index contributed by atoms with van der Waals surface area (Å²) in [7, 11) is -3.54. The van der Waals surface area contributed by atoms with Crippen LogP contribution in [-0.4, -0.2) is 31.2 Å². The van der Waals surface area contributed by atoms with Crippen LogP contribution in [0.5, 0.6) is 0 Å². The molecule has 0 bridgehead atoms. The van der Waals surface area contributed by atoms with Crippen molar-refractivity contribution in [1.29, 1.82) is 0 Å². The molecular weight excluding hydrogens is 312 g/mol. The minimum Gasteiger partial charge on any atom is -0.393 e. The molecule has 0 atom stereocenters. The highest BCUT2D eigenvalue weighted by molar-refractivity contribution is 7.89. The Balaban J connectivity index is 1.79. The van der Waals surface area contributed by atoms with E-state index in [4.69, 9.17) is 11.6 Å². The molecule has 7 heteroatoms. The quantitative estimate of drug-likeness (QED) is 0.841. The molecule has 1 aliphatic carbocycles. The Hall–Kier alpha value is -1.21. The average molecular weight is 327 g/mol. The highest BCUT2D eigenvalue weighted by Gasteiger charge is 2.28. The molecule has 1 fully saturated rings. The van der Waals surface area contributed by atoms with Crippen LogP contribution < -0.4 is 4.72 Å². The predicted molar refractivity (Wildman–Crippen MR) is 80.7 cm³/mol. The largest absolute Gasteiger partial charge is 0.393 e. The van der Waals surface area contributed by atoms with Gasteiger partial charge in [0.1, 0.15) is 5.15 Å². The maximum atomic E-state index is 12.2. The van der Waals surface area contributed by atoms with Crippen molar-refractivity contribution in [3.05, 3.63) is 35.5 Å². The molecule has 1 heterocycles. The van der Waals surface area contributed by atoms with Gasteiger partial charge < -0.3 is 5.11 Å². The molecule has 1 saturated carbocycles. The molecule has 21 heavy (non-hydrogen) atoms. The fraction of sp³-hybridized carbons (Fsp3) is 0.357. The summed E-state index contributed by atoms with van der Waals surface area (Å²) in [6.07, 6.45) is 1.03. The number of benzene rings is 1. The van der Waals surface area contributed by atoms with Gasteiger partial charge in [0.15, 0.2) is 0 Å². The average Bonchev–Trinajstić information content (AvgIpc) is 2.41. The Morgan fingerprint density at radius 3 is 2.76 bits per heavy atom. The lowest BCUT2D eigenvalue weighted by atomic mass is 9.83. The molecule has 1 aromatic heterocycles. The van der Waals surface area contributed by atoms with Crippen molar-refractivity contribution < 1.29 is 13.5 Å². The molecule has 1 aromatic carbocycles. The van der Waals surface area contributed by atoms with Gasteiger partial charge in [-0.1, -0.05) is 11.6 Å². The van der Waals surface area contributed by atoms with Gasteiger partial charge in [-0.3, -0.25) is 0 Å². The number of rotatable bonds is 4. The lowest BCUT2D eigenvalue weighted by molar-refractivity contribution is 0.0453. The molecule has 2 N–H and O–H groups in total. The lowest BCUT2D eigenvalue weighted by Crippen LogP contribution is -2.38. The monoisotopic (exact) mass is 326 g/mol. The van der Waals surface area contributed by atoms with Crippen molar-refractivity contribution in [3.63, 3.8) is 0 Å². The van der Waals surface area contributed by atoms with E-state index in [9.17, 15) is 13.5 Å². The summed E-state index contributed by atoms with van der Waals surface area (Å²) in [5.41, 5.74) is 0.656. The molecule has 0 saturated heterocycles. The number of aliphatic hydroxyl groups excluding tert-OH is 1. The summed E-state index contributed by atoms with van der Waals surface area (Å²) in [5.74, 6) is 0.218. The van der Waals surface area contributed by atoms with Crippen LogP contribution in [0, 0.1) is 5.92 Å². The topological polar surface area (TPSA) is 79.3 Å². The summed E-state index contributed by atoms with van der Waals surface area (Å²) in [4.78, 5) is 4.33. The van der Waals surface area contributed by atoms with E-state index in [1.165, 1.54) is 6.07 Å². The molecule has 0 aliphatic heterocycles. The van der Waals surface area contributed by atoms with Gasteiger partial charge in [-0.15, -0.1) is 0 Å². The fourth-order valence-corrected chi connectivity index (χ4v) is 3.73. The summed E-state index contributed by atoms with van der Waals surface area (Å²) >= 11 is 5.80. The van der Waals surface area contributed by atoms with Crippen LogP contribution >= 0.6 is 11.6 Å².